The van der Waals surface area contributed by atoms with Crippen molar-refractivity contribution >= 4 is 0 Å². The van der Waals surface area contributed by atoms with Gasteiger partial charge in [-0.25, -0.2) is 4.98 Å². The van der Waals surface area contributed by atoms with Crippen LogP contribution in [0.25, 0.3) is 0 Å². The van der Waals surface area contributed by atoms with Crippen molar-refractivity contribution in [2.45, 2.75) is 25.3 Å². The molecular formula is C10H14FN3O. The van der Waals surface area contributed by atoms with Crippen molar-refractivity contribution in [2.24, 2.45) is 0 Å². The number of piperidine rings is 1. The molecule has 0 amide bonds. The molecule has 1 fully saturated rings. The van der Waals surface area contributed by atoms with Crippen LogP contribution in [0.2, 0.25) is 0 Å². The van der Waals surface area contributed by atoms with E-state index in [-0.39, 0.29) is 11.9 Å². The van der Waals surface area contributed by atoms with Crippen LogP contribution in [0.5, 0.6) is 5.88 Å². The summed E-state index contributed by atoms with van der Waals surface area (Å²) >= 11 is 0. The summed E-state index contributed by atoms with van der Waals surface area (Å²) in [7, 11) is 1.41. The van der Waals surface area contributed by atoms with Crippen molar-refractivity contribution in [3.05, 3.63) is 17.8 Å². The molecule has 5 heteroatoms. The van der Waals surface area contributed by atoms with Gasteiger partial charge in [-0.05, 0) is 19.4 Å². The Morgan fingerprint density at radius 1 is 1.53 bits per heavy atom. The number of hydrogen-bond acceptors (Lipinski definition) is 4. The molecule has 82 valence electrons. The third-order valence-electron chi connectivity index (χ3n) is 2.55. The Bertz CT molecular complexity index is 339. The van der Waals surface area contributed by atoms with Crippen LogP contribution >= 0.6 is 0 Å². The summed E-state index contributed by atoms with van der Waals surface area (Å²) in [5, 5.41) is 3.30. The second-order valence-electron chi connectivity index (χ2n) is 3.59. The van der Waals surface area contributed by atoms with Gasteiger partial charge in [-0.2, -0.15) is 9.37 Å². The van der Waals surface area contributed by atoms with Gasteiger partial charge < -0.3 is 10.1 Å². The number of halogens is 1. The summed E-state index contributed by atoms with van der Waals surface area (Å²) in [6.45, 7) is 0.966. The monoisotopic (exact) mass is 211 g/mol. The molecule has 1 saturated heterocycles. The molecule has 0 aliphatic carbocycles. The van der Waals surface area contributed by atoms with Crippen molar-refractivity contribution in [3.63, 3.8) is 0 Å². The molecule has 1 atom stereocenters. The fourth-order valence-electron chi connectivity index (χ4n) is 1.75. The van der Waals surface area contributed by atoms with Gasteiger partial charge in [-0.3, -0.25) is 0 Å². The first-order chi connectivity index (χ1) is 7.31. The molecule has 0 saturated carbocycles. The quantitative estimate of drug-likeness (QED) is 0.804. The Morgan fingerprint density at radius 3 is 3.07 bits per heavy atom. The topological polar surface area (TPSA) is 47.0 Å². The highest BCUT2D eigenvalue weighted by Crippen LogP contribution is 2.22. The van der Waals surface area contributed by atoms with Gasteiger partial charge in [-0.1, -0.05) is 6.42 Å². The number of nitrogens with one attached hydrogen (secondary N) is 1. The lowest BCUT2D eigenvalue weighted by Gasteiger charge is -2.22. The van der Waals surface area contributed by atoms with Gasteiger partial charge >= 0.3 is 0 Å². The van der Waals surface area contributed by atoms with Crippen LogP contribution in [0, 0.1) is 5.82 Å². The predicted octanol–water partition coefficient (Wildman–Crippen LogP) is 1.44. The first kappa shape index (κ1) is 10.3. The van der Waals surface area contributed by atoms with Crippen molar-refractivity contribution in [2.75, 3.05) is 13.7 Å². The fourth-order valence-corrected chi connectivity index (χ4v) is 1.75. The molecule has 2 heterocycles. The number of hydrogen-bond donors (Lipinski definition) is 1. The van der Waals surface area contributed by atoms with Gasteiger partial charge in [0.1, 0.15) is 5.82 Å². The molecule has 1 unspecified atom stereocenters. The highest BCUT2D eigenvalue weighted by Gasteiger charge is 2.19. The molecule has 1 aromatic rings. The number of ether oxygens (including phenoxy) is 1. The van der Waals surface area contributed by atoms with Crippen LogP contribution in [-0.2, 0) is 0 Å². The number of nitrogens with zero attached hydrogens (tertiary/aromatic N) is 2. The van der Waals surface area contributed by atoms with E-state index < -0.39 is 5.82 Å². The predicted molar refractivity (Wildman–Crippen MR) is 53.1 cm³/mol. The third-order valence-corrected chi connectivity index (χ3v) is 2.55. The van der Waals surface area contributed by atoms with E-state index in [2.05, 4.69) is 15.3 Å². The lowest BCUT2D eigenvalue weighted by atomic mass is 10.0. The molecular weight excluding hydrogens is 197 g/mol. The highest BCUT2D eigenvalue weighted by molar-refractivity contribution is 5.13. The smallest absolute Gasteiger partial charge is 0.253 e. The maximum absolute atomic E-state index is 13.1. The Labute approximate surface area is 87.9 Å². The molecule has 2 rings (SSSR count). The maximum Gasteiger partial charge on any atom is 0.253 e. The minimum atomic E-state index is -0.517. The minimum Gasteiger partial charge on any atom is -0.479 e. The van der Waals surface area contributed by atoms with Crippen LogP contribution in [0.3, 0.4) is 0 Å². The highest BCUT2D eigenvalue weighted by atomic mass is 19.1. The molecule has 1 aliphatic rings. The van der Waals surface area contributed by atoms with Gasteiger partial charge in [0, 0.05) is 0 Å². The zero-order chi connectivity index (χ0) is 10.7. The Kier molecular flexibility index (Phi) is 3.11. The molecule has 0 radical (unpaired) electrons. The lowest BCUT2D eigenvalue weighted by molar-refractivity contribution is 0.350. The summed E-state index contributed by atoms with van der Waals surface area (Å²) in [5.74, 6) is 0.123. The first-order valence-corrected chi connectivity index (χ1v) is 5.11. The summed E-state index contributed by atoms with van der Waals surface area (Å²) in [5.41, 5.74) is 0. The zero-order valence-corrected chi connectivity index (χ0v) is 8.66. The van der Waals surface area contributed by atoms with Crippen molar-refractivity contribution in [3.8, 4) is 5.88 Å². The van der Waals surface area contributed by atoms with E-state index in [0.717, 1.165) is 25.6 Å². The van der Waals surface area contributed by atoms with Crippen LogP contribution in [0.1, 0.15) is 31.1 Å². The largest absolute Gasteiger partial charge is 0.479 e. The SMILES string of the molecule is COc1nc(C2CCCCN2)ncc1F. The second-order valence-corrected chi connectivity index (χ2v) is 3.59. The van der Waals surface area contributed by atoms with E-state index in [1.54, 1.807) is 0 Å². The van der Waals surface area contributed by atoms with Crippen molar-refractivity contribution < 1.29 is 9.13 Å². The van der Waals surface area contributed by atoms with Gasteiger partial charge in [0.15, 0.2) is 0 Å². The molecule has 0 bridgehead atoms. The van der Waals surface area contributed by atoms with Crippen LogP contribution in [-0.4, -0.2) is 23.6 Å². The fraction of sp³-hybridized carbons (Fsp3) is 0.600. The molecule has 1 aliphatic heterocycles. The first-order valence-electron chi connectivity index (χ1n) is 5.11. The Hall–Kier alpha value is -1.23. The number of aromatic nitrogens is 2. The van der Waals surface area contributed by atoms with Crippen LogP contribution in [0.4, 0.5) is 4.39 Å². The molecule has 15 heavy (non-hydrogen) atoms. The molecule has 4 nitrogen and oxygen atoms in total. The molecule has 1 aromatic heterocycles. The van der Waals surface area contributed by atoms with E-state index in [1.165, 1.54) is 13.5 Å². The molecule has 0 aromatic carbocycles. The van der Waals surface area contributed by atoms with Gasteiger partial charge in [0.25, 0.3) is 5.88 Å². The molecule has 0 spiro atoms. The standard InChI is InChI=1S/C10H14FN3O/c1-15-10-7(11)6-13-9(14-10)8-4-2-3-5-12-8/h6,8,12H,2-5H2,1H3. The van der Waals surface area contributed by atoms with E-state index >= 15 is 0 Å². The Morgan fingerprint density at radius 2 is 2.40 bits per heavy atom. The Balaban J connectivity index is 2.20. The van der Waals surface area contributed by atoms with Crippen molar-refractivity contribution in [1.29, 1.82) is 0 Å². The average Bonchev–Trinajstić information content (AvgIpc) is 2.31. The summed E-state index contributed by atoms with van der Waals surface area (Å²) in [4.78, 5) is 8.03. The van der Waals surface area contributed by atoms with E-state index in [4.69, 9.17) is 4.74 Å². The molecule has 1 N–H and O–H groups in total. The van der Waals surface area contributed by atoms with E-state index in [9.17, 15) is 4.39 Å². The number of rotatable bonds is 2. The van der Waals surface area contributed by atoms with Gasteiger partial charge in [0.05, 0.1) is 19.3 Å². The summed E-state index contributed by atoms with van der Waals surface area (Å²) < 4.78 is 17.9. The van der Waals surface area contributed by atoms with Crippen molar-refractivity contribution in [1.82, 2.24) is 15.3 Å². The second kappa shape index (κ2) is 4.53. The normalized spacial score (nSPS) is 21.3. The summed E-state index contributed by atoms with van der Waals surface area (Å²) in [6, 6.07) is 0.133. The lowest BCUT2D eigenvalue weighted by Crippen LogP contribution is -2.28. The van der Waals surface area contributed by atoms with E-state index in [0.29, 0.717) is 5.82 Å². The average molecular weight is 211 g/mol. The van der Waals surface area contributed by atoms with Gasteiger partial charge in [0.2, 0.25) is 5.82 Å². The van der Waals surface area contributed by atoms with Gasteiger partial charge in [-0.15, -0.1) is 0 Å². The van der Waals surface area contributed by atoms with Crippen LogP contribution < -0.4 is 10.1 Å². The number of methoxy groups -OCH3 is 1. The summed E-state index contributed by atoms with van der Waals surface area (Å²) in [6.07, 6.45) is 4.49. The third kappa shape index (κ3) is 2.23. The van der Waals surface area contributed by atoms with Crippen LogP contribution in [0.15, 0.2) is 6.20 Å². The zero-order valence-electron chi connectivity index (χ0n) is 8.66. The van der Waals surface area contributed by atoms with E-state index in [1.807, 2.05) is 0 Å². The maximum atomic E-state index is 13.1. The minimum absolute atomic E-state index is 0.0207.